The van der Waals surface area contributed by atoms with Gasteiger partial charge in [0, 0.05) is 11.8 Å². The number of carbonyl (C=O) groups is 1. The van der Waals surface area contributed by atoms with Gasteiger partial charge in [-0.05, 0) is 18.3 Å². The summed E-state index contributed by atoms with van der Waals surface area (Å²) < 4.78 is 5.38. The van der Waals surface area contributed by atoms with Gasteiger partial charge in [-0.25, -0.2) is 0 Å². The van der Waals surface area contributed by atoms with Gasteiger partial charge in [-0.1, -0.05) is 41.0 Å². The van der Waals surface area contributed by atoms with E-state index in [9.17, 15) is 4.79 Å². The molecule has 0 aliphatic carbocycles. The smallest absolute Gasteiger partial charge is 0.306 e. The van der Waals surface area contributed by atoms with E-state index >= 15 is 0 Å². The van der Waals surface area contributed by atoms with Crippen molar-refractivity contribution >= 4 is 5.97 Å². The second-order valence-electron chi connectivity index (χ2n) is 6.20. The van der Waals surface area contributed by atoms with Crippen molar-refractivity contribution in [3.8, 4) is 0 Å². The number of hydrogen-bond donors (Lipinski definition) is 0. The van der Waals surface area contributed by atoms with Crippen LogP contribution in [0.2, 0.25) is 0 Å². The Morgan fingerprint density at radius 3 is 2.33 bits per heavy atom. The van der Waals surface area contributed by atoms with E-state index in [1.165, 1.54) is 0 Å². The molecule has 1 unspecified atom stereocenters. The first-order chi connectivity index (χ1) is 6.77. The largest absolute Gasteiger partial charge is 0.462 e. The Labute approximate surface area is 93.4 Å². The van der Waals surface area contributed by atoms with E-state index in [1.807, 2.05) is 0 Å². The minimum absolute atomic E-state index is 0.0256. The number of esters is 1. The fraction of sp³-hybridized carbons (Fsp3) is 0.923. The molecule has 1 fully saturated rings. The van der Waals surface area contributed by atoms with Crippen molar-refractivity contribution in [2.24, 2.45) is 10.8 Å². The van der Waals surface area contributed by atoms with Crippen LogP contribution in [0.15, 0.2) is 0 Å². The molecular weight excluding hydrogens is 188 g/mol. The molecule has 0 bridgehead atoms. The van der Waals surface area contributed by atoms with Crippen LogP contribution in [0, 0.1) is 10.8 Å². The highest BCUT2D eigenvalue weighted by molar-refractivity contribution is 5.71. The number of cyclic esters (lactones) is 1. The zero-order chi connectivity index (χ0) is 11.7. The van der Waals surface area contributed by atoms with Crippen LogP contribution in [-0.2, 0) is 9.53 Å². The highest BCUT2D eigenvalue weighted by Crippen LogP contribution is 2.42. The number of rotatable bonds is 4. The molecule has 1 saturated heterocycles. The fourth-order valence-electron chi connectivity index (χ4n) is 2.55. The minimum Gasteiger partial charge on any atom is -0.462 e. The topological polar surface area (TPSA) is 26.3 Å². The maximum absolute atomic E-state index is 11.1. The third-order valence-electron chi connectivity index (χ3n) is 3.65. The molecule has 15 heavy (non-hydrogen) atoms. The SMILES string of the molecule is CCC(C)(C)CC(C)(C)C1CCC(=O)O1. The summed E-state index contributed by atoms with van der Waals surface area (Å²) in [6.45, 7) is 11.2. The van der Waals surface area contributed by atoms with Gasteiger partial charge in [0.2, 0.25) is 0 Å². The van der Waals surface area contributed by atoms with Crippen LogP contribution in [-0.4, -0.2) is 12.1 Å². The summed E-state index contributed by atoms with van der Waals surface area (Å²) in [5.74, 6) is -0.0256. The molecule has 2 nitrogen and oxygen atoms in total. The number of hydrogen-bond acceptors (Lipinski definition) is 2. The van der Waals surface area contributed by atoms with E-state index in [1.54, 1.807) is 0 Å². The molecule has 1 aliphatic rings. The lowest BCUT2D eigenvalue weighted by atomic mass is 9.70. The molecule has 0 aromatic rings. The maximum Gasteiger partial charge on any atom is 0.306 e. The van der Waals surface area contributed by atoms with Crippen molar-refractivity contribution in [2.45, 2.75) is 66.4 Å². The summed E-state index contributed by atoms with van der Waals surface area (Å²) in [5.41, 5.74) is 0.435. The molecule has 1 aliphatic heterocycles. The first-order valence-corrected chi connectivity index (χ1v) is 5.96. The Bertz CT molecular complexity index is 241. The quantitative estimate of drug-likeness (QED) is 0.666. The van der Waals surface area contributed by atoms with Gasteiger partial charge in [0.15, 0.2) is 0 Å². The third kappa shape index (κ3) is 3.22. The standard InChI is InChI=1S/C13H24O2/c1-6-12(2,3)9-13(4,5)10-7-8-11(14)15-10/h10H,6-9H2,1-5H3. The Hall–Kier alpha value is -0.530. The number of ether oxygens (including phenoxy) is 1. The molecule has 0 aromatic heterocycles. The van der Waals surface area contributed by atoms with E-state index in [-0.39, 0.29) is 17.5 Å². The zero-order valence-corrected chi connectivity index (χ0v) is 10.7. The highest BCUT2D eigenvalue weighted by Gasteiger charge is 2.39. The molecule has 2 heteroatoms. The van der Waals surface area contributed by atoms with Crippen LogP contribution in [0.5, 0.6) is 0 Å². The van der Waals surface area contributed by atoms with Gasteiger partial charge in [-0.15, -0.1) is 0 Å². The van der Waals surface area contributed by atoms with E-state index < -0.39 is 0 Å². The second kappa shape index (κ2) is 4.15. The Morgan fingerprint density at radius 2 is 1.93 bits per heavy atom. The van der Waals surface area contributed by atoms with Crippen molar-refractivity contribution in [3.05, 3.63) is 0 Å². The molecule has 0 aromatic carbocycles. The van der Waals surface area contributed by atoms with Crippen LogP contribution in [0.25, 0.3) is 0 Å². The second-order valence-corrected chi connectivity index (χ2v) is 6.20. The summed E-state index contributed by atoms with van der Waals surface area (Å²) in [4.78, 5) is 11.1. The minimum atomic E-state index is -0.0256. The average Bonchev–Trinajstić information content (AvgIpc) is 2.51. The maximum atomic E-state index is 11.1. The van der Waals surface area contributed by atoms with Crippen LogP contribution in [0.1, 0.15) is 60.3 Å². The van der Waals surface area contributed by atoms with Gasteiger partial charge in [-0.3, -0.25) is 4.79 Å². The van der Waals surface area contributed by atoms with Crippen LogP contribution in [0.4, 0.5) is 0 Å². The van der Waals surface area contributed by atoms with Gasteiger partial charge >= 0.3 is 5.97 Å². The lowest BCUT2D eigenvalue weighted by molar-refractivity contribution is -0.146. The van der Waals surface area contributed by atoms with Crippen molar-refractivity contribution < 1.29 is 9.53 Å². The highest BCUT2D eigenvalue weighted by atomic mass is 16.5. The van der Waals surface area contributed by atoms with E-state index in [0.717, 1.165) is 19.3 Å². The molecule has 1 heterocycles. The summed E-state index contributed by atoms with van der Waals surface area (Å²) in [7, 11) is 0. The lowest BCUT2D eigenvalue weighted by Gasteiger charge is -2.37. The van der Waals surface area contributed by atoms with E-state index in [0.29, 0.717) is 11.8 Å². The molecule has 0 N–H and O–H groups in total. The molecule has 0 saturated carbocycles. The van der Waals surface area contributed by atoms with E-state index in [2.05, 4.69) is 34.6 Å². The van der Waals surface area contributed by atoms with Crippen LogP contribution in [0.3, 0.4) is 0 Å². The predicted octanol–water partition coefficient (Wildman–Crippen LogP) is 3.54. The molecule has 1 atom stereocenters. The molecule has 1 rings (SSSR count). The summed E-state index contributed by atoms with van der Waals surface area (Å²) in [5, 5.41) is 0. The lowest BCUT2D eigenvalue weighted by Crippen LogP contribution is -2.34. The molecule has 0 spiro atoms. The molecular formula is C13H24O2. The Morgan fingerprint density at radius 1 is 1.33 bits per heavy atom. The van der Waals surface area contributed by atoms with Gasteiger partial charge in [0.1, 0.15) is 6.10 Å². The van der Waals surface area contributed by atoms with Crippen LogP contribution >= 0.6 is 0 Å². The van der Waals surface area contributed by atoms with Gasteiger partial charge < -0.3 is 4.74 Å². The van der Waals surface area contributed by atoms with Gasteiger partial charge in [0.05, 0.1) is 0 Å². The first kappa shape index (κ1) is 12.5. The van der Waals surface area contributed by atoms with Gasteiger partial charge in [0.25, 0.3) is 0 Å². The first-order valence-electron chi connectivity index (χ1n) is 5.96. The van der Waals surface area contributed by atoms with Crippen molar-refractivity contribution in [2.75, 3.05) is 0 Å². The zero-order valence-electron chi connectivity index (χ0n) is 10.7. The average molecular weight is 212 g/mol. The van der Waals surface area contributed by atoms with Crippen molar-refractivity contribution in [1.29, 1.82) is 0 Å². The Kier molecular flexibility index (Phi) is 3.47. The molecule has 0 amide bonds. The van der Waals surface area contributed by atoms with Gasteiger partial charge in [-0.2, -0.15) is 0 Å². The fourth-order valence-corrected chi connectivity index (χ4v) is 2.55. The van der Waals surface area contributed by atoms with Crippen molar-refractivity contribution in [3.63, 3.8) is 0 Å². The monoisotopic (exact) mass is 212 g/mol. The molecule has 88 valence electrons. The summed E-state index contributed by atoms with van der Waals surface area (Å²) in [6, 6.07) is 0. The van der Waals surface area contributed by atoms with E-state index in [4.69, 9.17) is 4.74 Å². The Balaban J connectivity index is 2.62. The normalized spacial score (nSPS) is 23.0. The van der Waals surface area contributed by atoms with Crippen molar-refractivity contribution in [1.82, 2.24) is 0 Å². The molecule has 0 radical (unpaired) electrons. The summed E-state index contributed by atoms with van der Waals surface area (Å²) >= 11 is 0. The third-order valence-corrected chi connectivity index (χ3v) is 3.65. The number of carbonyl (C=O) groups excluding carboxylic acids is 1. The predicted molar refractivity (Wildman–Crippen MR) is 61.6 cm³/mol. The van der Waals surface area contributed by atoms with Crippen LogP contribution < -0.4 is 0 Å². The summed E-state index contributed by atoms with van der Waals surface area (Å²) in [6.07, 6.45) is 3.88.